The predicted octanol–water partition coefficient (Wildman–Crippen LogP) is 4.57. The fourth-order valence-electron chi connectivity index (χ4n) is 2.40. The van der Waals surface area contributed by atoms with Crippen LogP contribution in [0.1, 0.15) is 50.0 Å². The van der Waals surface area contributed by atoms with Crippen LogP contribution in [-0.2, 0) is 14.9 Å². The van der Waals surface area contributed by atoms with Crippen LogP contribution in [0.4, 0.5) is 5.69 Å². The van der Waals surface area contributed by atoms with E-state index in [1.807, 2.05) is 31.2 Å². The zero-order valence-corrected chi connectivity index (χ0v) is 16.4. The molecule has 0 radical (unpaired) electrons. The number of hydrogen-bond acceptors (Lipinski definition) is 4. The minimum atomic E-state index is -0.400. The van der Waals surface area contributed by atoms with Gasteiger partial charge in [0, 0.05) is 5.69 Å². The predicted molar refractivity (Wildman–Crippen MR) is 106 cm³/mol. The first-order valence-corrected chi connectivity index (χ1v) is 9.10. The van der Waals surface area contributed by atoms with Crippen molar-refractivity contribution in [2.45, 2.75) is 39.5 Å². The molecule has 0 heterocycles. The monoisotopic (exact) mass is 369 g/mol. The molecule has 0 bridgehead atoms. The summed E-state index contributed by atoms with van der Waals surface area (Å²) in [5, 5.41) is 2.73. The Bertz CT molecular complexity index is 776. The Labute approximate surface area is 160 Å². The molecule has 2 rings (SSSR count). The van der Waals surface area contributed by atoms with Gasteiger partial charge in [0.05, 0.1) is 12.2 Å². The number of amides is 1. The van der Waals surface area contributed by atoms with Crippen LogP contribution in [-0.4, -0.2) is 25.1 Å². The third-order valence-electron chi connectivity index (χ3n) is 3.91. The zero-order chi connectivity index (χ0) is 19.9. The molecule has 0 aromatic heterocycles. The maximum atomic E-state index is 12.1. The molecule has 0 spiro atoms. The number of rotatable bonds is 7. The first-order chi connectivity index (χ1) is 12.8. The van der Waals surface area contributed by atoms with Gasteiger partial charge in [-0.2, -0.15) is 0 Å². The van der Waals surface area contributed by atoms with Gasteiger partial charge in [0.15, 0.2) is 6.61 Å². The van der Waals surface area contributed by atoms with Crippen molar-refractivity contribution in [3.8, 4) is 5.75 Å². The van der Waals surface area contributed by atoms with Crippen LogP contribution in [0, 0.1) is 0 Å². The zero-order valence-electron chi connectivity index (χ0n) is 16.4. The first kappa shape index (κ1) is 20.5. The van der Waals surface area contributed by atoms with Crippen molar-refractivity contribution in [2.75, 3.05) is 18.5 Å². The summed E-state index contributed by atoms with van der Waals surface area (Å²) < 4.78 is 10.6. The van der Waals surface area contributed by atoms with Crippen molar-refractivity contribution in [1.29, 1.82) is 0 Å². The summed E-state index contributed by atoms with van der Waals surface area (Å²) >= 11 is 0. The number of carbonyl (C=O) groups is 2. The van der Waals surface area contributed by atoms with Gasteiger partial charge in [0.2, 0.25) is 0 Å². The number of nitrogens with one attached hydrogen (secondary N) is 1. The molecular weight excluding hydrogens is 342 g/mol. The van der Waals surface area contributed by atoms with Gasteiger partial charge in [-0.3, -0.25) is 4.79 Å². The Kier molecular flexibility index (Phi) is 6.99. The van der Waals surface area contributed by atoms with E-state index in [0.29, 0.717) is 23.6 Å². The molecule has 27 heavy (non-hydrogen) atoms. The summed E-state index contributed by atoms with van der Waals surface area (Å²) in [6, 6.07) is 14.4. The normalized spacial score (nSPS) is 11.0. The molecule has 5 heteroatoms. The van der Waals surface area contributed by atoms with Gasteiger partial charge >= 0.3 is 5.97 Å². The van der Waals surface area contributed by atoms with Crippen LogP contribution in [0.2, 0.25) is 0 Å². The van der Waals surface area contributed by atoms with Crippen LogP contribution >= 0.6 is 0 Å². The quantitative estimate of drug-likeness (QED) is 0.726. The number of anilines is 1. The van der Waals surface area contributed by atoms with Crippen molar-refractivity contribution in [3.05, 3.63) is 59.7 Å². The average Bonchev–Trinajstić information content (AvgIpc) is 2.64. The molecule has 5 nitrogen and oxygen atoms in total. The van der Waals surface area contributed by atoms with E-state index in [1.54, 1.807) is 24.3 Å². The smallest absolute Gasteiger partial charge is 0.338 e. The lowest BCUT2D eigenvalue weighted by Gasteiger charge is -2.19. The van der Waals surface area contributed by atoms with E-state index in [4.69, 9.17) is 9.47 Å². The van der Waals surface area contributed by atoms with Crippen LogP contribution in [0.15, 0.2) is 48.5 Å². The third-order valence-corrected chi connectivity index (χ3v) is 3.91. The molecule has 0 unspecified atom stereocenters. The van der Waals surface area contributed by atoms with Gasteiger partial charge < -0.3 is 14.8 Å². The second kappa shape index (κ2) is 9.21. The Balaban J connectivity index is 1.89. The highest BCUT2D eigenvalue weighted by molar-refractivity contribution is 5.95. The molecule has 1 amide bonds. The molecule has 0 fully saturated rings. The SMILES string of the molecule is CCCOC(=O)c1cccc(NC(=O)COc2ccc(C(C)(C)C)cc2)c1. The Morgan fingerprint density at radius 1 is 1.04 bits per heavy atom. The topological polar surface area (TPSA) is 64.6 Å². The number of ether oxygens (including phenoxy) is 2. The van der Waals surface area contributed by atoms with Crippen molar-refractivity contribution in [2.24, 2.45) is 0 Å². The third kappa shape index (κ3) is 6.44. The number of carbonyl (C=O) groups excluding carboxylic acids is 2. The van der Waals surface area contributed by atoms with Gasteiger partial charge in [-0.15, -0.1) is 0 Å². The average molecular weight is 369 g/mol. The summed E-state index contributed by atoms with van der Waals surface area (Å²) in [5.74, 6) is -0.0628. The van der Waals surface area contributed by atoms with Gasteiger partial charge in [-0.25, -0.2) is 4.79 Å². The van der Waals surface area contributed by atoms with Crippen LogP contribution in [0.25, 0.3) is 0 Å². The fraction of sp³-hybridized carbons (Fsp3) is 0.364. The molecule has 1 N–H and O–H groups in total. The van der Waals surface area contributed by atoms with Crippen LogP contribution in [0.3, 0.4) is 0 Å². The van der Waals surface area contributed by atoms with Gasteiger partial charge in [-0.05, 0) is 47.7 Å². The molecule has 0 aliphatic carbocycles. The van der Waals surface area contributed by atoms with Crippen molar-refractivity contribution < 1.29 is 19.1 Å². The molecule has 0 saturated carbocycles. The summed E-state index contributed by atoms with van der Waals surface area (Å²) in [6.07, 6.45) is 0.760. The summed E-state index contributed by atoms with van der Waals surface area (Å²) in [5.41, 5.74) is 2.20. The number of esters is 1. The van der Waals surface area contributed by atoms with Gasteiger partial charge in [-0.1, -0.05) is 45.9 Å². The maximum absolute atomic E-state index is 12.1. The Morgan fingerprint density at radius 2 is 1.74 bits per heavy atom. The minimum absolute atomic E-state index is 0.0687. The van der Waals surface area contributed by atoms with Crippen molar-refractivity contribution in [3.63, 3.8) is 0 Å². The van der Waals surface area contributed by atoms with E-state index in [2.05, 4.69) is 26.1 Å². The lowest BCUT2D eigenvalue weighted by Crippen LogP contribution is -2.20. The second-order valence-electron chi connectivity index (χ2n) is 7.33. The highest BCUT2D eigenvalue weighted by Crippen LogP contribution is 2.24. The molecule has 0 aliphatic heterocycles. The molecule has 2 aromatic rings. The molecule has 0 atom stereocenters. The summed E-state index contributed by atoms with van der Waals surface area (Å²) in [7, 11) is 0. The summed E-state index contributed by atoms with van der Waals surface area (Å²) in [6.45, 7) is 8.62. The van der Waals surface area contributed by atoms with E-state index < -0.39 is 5.97 Å². The summed E-state index contributed by atoms with van der Waals surface area (Å²) in [4.78, 5) is 24.0. The number of hydrogen-bond donors (Lipinski definition) is 1. The van der Waals surface area contributed by atoms with E-state index in [9.17, 15) is 9.59 Å². The fourth-order valence-corrected chi connectivity index (χ4v) is 2.40. The Hall–Kier alpha value is -2.82. The van der Waals surface area contributed by atoms with E-state index in [0.717, 1.165) is 6.42 Å². The van der Waals surface area contributed by atoms with Gasteiger partial charge in [0.1, 0.15) is 5.75 Å². The molecule has 144 valence electrons. The Morgan fingerprint density at radius 3 is 2.37 bits per heavy atom. The lowest BCUT2D eigenvalue weighted by atomic mass is 9.87. The molecular formula is C22H27NO4. The second-order valence-corrected chi connectivity index (χ2v) is 7.33. The highest BCUT2D eigenvalue weighted by atomic mass is 16.5. The maximum Gasteiger partial charge on any atom is 0.338 e. The molecule has 0 saturated heterocycles. The first-order valence-electron chi connectivity index (χ1n) is 9.10. The van der Waals surface area contributed by atoms with Gasteiger partial charge in [0.25, 0.3) is 5.91 Å². The molecule has 0 aliphatic rings. The van der Waals surface area contributed by atoms with E-state index in [1.165, 1.54) is 5.56 Å². The standard InChI is InChI=1S/C22H27NO4/c1-5-13-26-21(25)16-7-6-8-18(14-16)23-20(24)15-27-19-11-9-17(10-12-19)22(2,3)4/h6-12,14H,5,13,15H2,1-4H3,(H,23,24). The van der Waals surface area contributed by atoms with Crippen molar-refractivity contribution in [1.82, 2.24) is 0 Å². The largest absolute Gasteiger partial charge is 0.484 e. The van der Waals surface area contributed by atoms with Crippen LogP contribution in [0.5, 0.6) is 5.75 Å². The molecule has 2 aromatic carbocycles. The van der Waals surface area contributed by atoms with Crippen molar-refractivity contribution >= 4 is 17.6 Å². The minimum Gasteiger partial charge on any atom is -0.484 e. The van der Waals surface area contributed by atoms with Crippen LogP contribution < -0.4 is 10.1 Å². The van der Waals surface area contributed by atoms with E-state index >= 15 is 0 Å². The van der Waals surface area contributed by atoms with E-state index in [-0.39, 0.29) is 17.9 Å². The number of benzene rings is 2. The lowest BCUT2D eigenvalue weighted by molar-refractivity contribution is -0.118. The highest BCUT2D eigenvalue weighted by Gasteiger charge is 2.13.